The topological polar surface area (TPSA) is 78.4 Å². The van der Waals surface area contributed by atoms with Crippen molar-refractivity contribution in [3.63, 3.8) is 0 Å². The minimum Gasteiger partial charge on any atom is -0.396 e. The molecule has 0 saturated carbocycles. The van der Waals surface area contributed by atoms with E-state index in [-0.39, 0.29) is 18.9 Å². The lowest BCUT2D eigenvalue weighted by molar-refractivity contribution is -0.128. The van der Waals surface area contributed by atoms with Crippen LogP contribution < -0.4 is 10.9 Å². The largest absolute Gasteiger partial charge is 0.396 e. The van der Waals surface area contributed by atoms with E-state index in [1.165, 1.54) is 6.92 Å². The molecule has 2 amide bonds. The maximum atomic E-state index is 10.5. The standard InChI is InChI=1S/C5H10N2O3/c1-4(9)6-7-5(10)2-3-8/h8H,2-3H2,1H3,(H,6,9)(H,7,10). The molecule has 0 aliphatic heterocycles. The second-order valence-corrected chi connectivity index (χ2v) is 1.70. The zero-order valence-electron chi connectivity index (χ0n) is 5.68. The highest BCUT2D eigenvalue weighted by Crippen LogP contribution is 1.72. The van der Waals surface area contributed by atoms with E-state index >= 15 is 0 Å². The van der Waals surface area contributed by atoms with Crippen LogP contribution in [0, 0.1) is 0 Å². The van der Waals surface area contributed by atoms with Gasteiger partial charge in [0.1, 0.15) is 0 Å². The molecule has 58 valence electrons. The Bertz CT molecular complexity index is 135. The summed E-state index contributed by atoms with van der Waals surface area (Å²) in [6, 6.07) is 0. The van der Waals surface area contributed by atoms with Crippen molar-refractivity contribution in [1.82, 2.24) is 10.9 Å². The summed E-state index contributed by atoms with van der Waals surface area (Å²) in [6.45, 7) is 1.06. The average Bonchev–Trinajstić information content (AvgIpc) is 1.85. The molecular formula is C5H10N2O3. The number of hydrogen-bond donors (Lipinski definition) is 3. The molecule has 0 radical (unpaired) electrons. The van der Waals surface area contributed by atoms with Crippen LogP contribution in [0.3, 0.4) is 0 Å². The van der Waals surface area contributed by atoms with Gasteiger partial charge in [0.25, 0.3) is 0 Å². The van der Waals surface area contributed by atoms with Crippen molar-refractivity contribution in [3.05, 3.63) is 0 Å². The van der Waals surface area contributed by atoms with Gasteiger partial charge in [0.05, 0.1) is 13.0 Å². The molecule has 0 aromatic rings. The van der Waals surface area contributed by atoms with Crippen LogP contribution in [0.1, 0.15) is 13.3 Å². The lowest BCUT2D eigenvalue weighted by atomic mass is 10.4. The van der Waals surface area contributed by atoms with E-state index in [4.69, 9.17) is 5.11 Å². The number of aliphatic hydroxyl groups excluding tert-OH is 1. The van der Waals surface area contributed by atoms with E-state index in [0.717, 1.165) is 0 Å². The predicted molar refractivity (Wildman–Crippen MR) is 33.7 cm³/mol. The normalized spacial score (nSPS) is 8.60. The van der Waals surface area contributed by atoms with Crippen molar-refractivity contribution in [2.24, 2.45) is 0 Å². The van der Waals surface area contributed by atoms with Crippen molar-refractivity contribution in [1.29, 1.82) is 0 Å². The molecule has 0 bridgehead atoms. The molecule has 0 spiro atoms. The van der Waals surface area contributed by atoms with Crippen LogP contribution in [0.2, 0.25) is 0 Å². The van der Waals surface area contributed by atoms with Crippen LogP contribution >= 0.6 is 0 Å². The van der Waals surface area contributed by atoms with Crippen LogP contribution in [-0.2, 0) is 9.59 Å². The minimum atomic E-state index is -0.405. The van der Waals surface area contributed by atoms with Crippen LogP contribution in [0.15, 0.2) is 0 Å². The first-order valence-corrected chi connectivity index (χ1v) is 2.83. The second-order valence-electron chi connectivity index (χ2n) is 1.70. The lowest BCUT2D eigenvalue weighted by Gasteiger charge is -2.01. The number of hydrogen-bond acceptors (Lipinski definition) is 3. The third-order valence-electron chi connectivity index (χ3n) is 0.717. The van der Waals surface area contributed by atoms with Crippen molar-refractivity contribution < 1.29 is 14.7 Å². The summed E-state index contributed by atoms with van der Waals surface area (Å²) in [4.78, 5) is 20.6. The van der Waals surface area contributed by atoms with E-state index in [1.807, 2.05) is 0 Å². The van der Waals surface area contributed by atoms with E-state index in [1.54, 1.807) is 0 Å². The highest BCUT2D eigenvalue weighted by molar-refractivity contribution is 5.80. The Labute approximate surface area is 58.4 Å². The van der Waals surface area contributed by atoms with E-state index < -0.39 is 5.91 Å². The quantitative estimate of drug-likeness (QED) is 0.416. The summed E-state index contributed by atoms with van der Waals surface area (Å²) in [7, 11) is 0. The molecule has 0 aromatic carbocycles. The molecule has 0 fully saturated rings. The van der Waals surface area contributed by atoms with Crippen LogP contribution in [0.25, 0.3) is 0 Å². The highest BCUT2D eigenvalue weighted by Gasteiger charge is 1.97. The van der Waals surface area contributed by atoms with Gasteiger partial charge in [-0.2, -0.15) is 0 Å². The average molecular weight is 146 g/mol. The Balaban J connectivity index is 3.30. The van der Waals surface area contributed by atoms with Gasteiger partial charge in [-0.1, -0.05) is 0 Å². The van der Waals surface area contributed by atoms with Gasteiger partial charge >= 0.3 is 0 Å². The zero-order valence-corrected chi connectivity index (χ0v) is 5.68. The molecule has 0 saturated heterocycles. The van der Waals surface area contributed by atoms with E-state index in [0.29, 0.717) is 0 Å². The summed E-state index contributed by atoms with van der Waals surface area (Å²) in [5.41, 5.74) is 4.17. The molecule has 10 heavy (non-hydrogen) atoms. The smallest absolute Gasteiger partial charge is 0.240 e. The summed E-state index contributed by atoms with van der Waals surface area (Å²) < 4.78 is 0. The van der Waals surface area contributed by atoms with E-state index in [9.17, 15) is 9.59 Å². The molecule has 0 unspecified atom stereocenters. The van der Waals surface area contributed by atoms with Crippen LogP contribution in [0.5, 0.6) is 0 Å². The van der Waals surface area contributed by atoms with Gasteiger partial charge in [-0.15, -0.1) is 0 Å². The Hall–Kier alpha value is -1.10. The van der Waals surface area contributed by atoms with Gasteiger partial charge in [0, 0.05) is 6.92 Å². The molecule has 3 N–H and O–H groups in total. The number of amides is 2. The van der Waals surface area contributed by atoms with Crippen LogP contribution in [-0.4, -0.2) is 23.5 Å². The summed E-state index contributed by atoms with van der Waals surface area (Å²) in [5.74, 6) is -0.746. The molecule has 0 aliphatic rings. The Morgan fingerprint density at radius 2 is 2.00 bits per heavy atom. The summed E-state index contributed by atoms with van der Waals surface area (Å²) >= 11 is 0. The van der Waals surface area contributed by atoms with Gasteiger partial charge in [0.15, 0.2) is 0 Å². The molecule has 0 atom stereocenters. The first kappa shape index (κ1) is 8.90. The fourth-order valence-corrected chi connectivity index (χ4v) is 0.322. The van der Waals surface area contributed by atoms with Crippen molar-refractivity contribution >= 4 is 11.8 Å². The van der Waals surface area contributed by atoms with Gasteiger partial charge in [0.2, 0.25) is 11.8 Å². The second kappa shape index (κ2) is 4.75. The molecule has 0 rings (SSSR count). The van der Waals surface area contributed by atoms with Crippen LogP contribution in [0.4, 0.5) is 0 Å². The first-order chi connectivity index (χ1) is 4.66. The highest BCUT2D eigenvalue weighted by atomic mass is 16.3. The van der Waals surface area contributed by atoms with Crippen molar-refractivity contribution in [2.45, 2.75) is 13.3 Å². The molecule has 0 aromatic heterocycles. The fraction of sp³-hybridized carbons (Fsp3) is 0.600. The van der Waals surface area contributed by atoms with E-state index in [2.05, 4.69) is 10.9 Å². The predicted octanol–water partition coefficient (Wildman–Crippen LogP) is -1.46. The van der Waals surface area contributed by atoms with Crippen molar-refractivity contribution in [2.75, 3.05) is 6.61 Å². The van der Waals surface area contributed by atoms with Gasteiger partial charge in [-0.05, 0) is 0 Å². The molecule has 5 nitrogen and oxygen atoms in total. The van der Waals surface area contributed by atoms with Gasteiger partial charge in [-0.3, -0.25) is 20.4 Å². The number of carbonyl (C=O) groups is 2. The minimum absolute atomic E-state index is 0.000278. The number of rotatable bonds is 2. The first-order valence-electron chi connectivity index (χ1n) is 2.83. The number of hydrazine groups is 1. The zero-order chi connectivity index (χ0) is 7.98. The van der Waals surface area contributed by atoms with Crippen molar-refractivity contribution in [3.8, 4) is 0 Å². The SMILES string of the molecule is CC(=O)NNC(=O)CCO. The monoisotopic (exact) mass is 146 g/mol. The fourth-order valence-electron chi connectivity index (χ4n) is 0.322. The molecule has 0 aliphatic carbocycles. The molecule has 0 heterocycles. The summed E-state index contributed by atoms with van der Waals surface area (Å²) in [6.07, 6.45) is 0.000278. The third-order valence-corrected chi connectivity index (χ3v) is 0.717. The number of aliphatic hydroxyl groups is 1. The lowest BCUT2D eigenvalue weighted by Crippen LogP contribution is -2.40. The Kier molecular flexibility index (Phi) is 4.23. The van der Waals surface area contributed by atoms with Gasteiger partial charge in [-0.25, -0.2) is 0 Å². The molecular weight excluding hydrogens is 136 g/mol. The van der Waals surface area contributed by atoms with Gasteiger partial charge < -0.3 is 5.11 Å². The maximum absolute atomic E-state index is 10.5. The number of nitrogens with one attached hydrogen (secondary N) is 2. The Morgan fingerprint density at radius 1 is 1.40 bits per heavy atom. The number of carbonyl (C=O) groups excluding carboxylic acids is 2. The Morgan fingerprint density at radius 3 is 2.40 bits per heavy atom. The molecule has 5 heteroatoms. The summed E-state index contributed by atoms with van der Waals surface area (Å²) in [5, 5.41) is 8.23. The maximum Gasteiger partial charge on any atom is 0.240 e. The third kappa shape index (κ3) is 5.04.